The van der Waals surface area contributed by atoms with E-state index < -0.39 is 0 Å². The highest BCUT2D eigenvalue weighted by Gasteiger charge is 2.10. The van der Waals surface area contributed by atoms with Gasteiger partial charge in [-0.05, 0) is 78.5 Å². The highest BCUT2D eigenvalue weighted by molar-refractivity contribution is 5.74. The first-order valence-electron chi connectivity index (χ1n) is 10.5. The zero-order chi connectivity index (χ0) is 21.5. The standard InChI is InChI=1S/C16H16.C10H14N2O2/c1-2-6-13(7-3-1)16-11-10-14-8-4-5-9-15(14)12-16;1-6-4-7(13)5-9(11)8(6)2-3-10(12)14/h1-3,6-7,10-12H,4-5,8-9H2;4-5,13H,2-3,11H2,1H3,(H2,12,14). The van der Waals surface area contributed by atoms with E-state index in [9.17, 15) is 9.90 Å². The number of aryl methyl sites for hydroxylation is 3. The molecule has 0 atom stereocenters. The number of aromatic hydroxyl groups is 1. The molecular weight excluding hydrogens is 372 g/mol. The average molecular weight is 403 g/mol. The summed E-state index contributed by atoms with van der Waals surface area (Å²) in [5, 5.41) is 9.22. The fraction of sp³-hybridized carbons (Fsp3) is 0.269. The molecule has 3 aromatic carbocycles. The van der Waals surface area contributed by atoms with Gasteiger partial charge in [-0.2, -0.15) is 0 Å². The Hall–Kier alpha value is -3.27. The van der Waals surface area contributed by atoms with E-state index >= 15 is 0 Å². The highest BCUT2D eigenvalue weighted by atomic mass is 16.3. The van der Waals surface area contributed by atoms with Gasteiger partial charge >= 0.3 is 0 Å². The third-order valence-corrected chi connectivity index (χ3v) is 5.57. The van der Waals surface area contributed by atoms with Crippen molar-refractivity contribution in [1.82, 2.24) is 0 Å². The van der Waals surface area contributed by atoms with Crippen LogP contribution < -0.4 is 11.5 Å². The molecule has 0 spiro atoms. The van der Waals surface area contributed by atoms with Gasteiger partial charge in [0.05, 0.1) is 0 Å². The van der Waals surface area contributed by atoms with Gasteiger partial charge < -0.3 is 16.6 Å². The van der Waals surface area contributed by atoms with Gasteiger partial charge in [-0.1, -0.05) is 48.5 Å². The van der Waals surface area contributed by atoms with Crippen LogP contribution in [0.15, 0.2) is 60.7 Å². The Bertz CT molecular complexity index is 990. The van der Waals surface area contributed by atoms with Crippen molar-refractivity contribution < 1.29 is 9.90 Å². The number of phenolic OH excluding ortho intramolecular Hbond substituents is 1. The van der Waals surface area contributed by atoms with E-state index in [2.05, 4.69) is 48.5 Å². The maximum atomic E-state index is 10.6. The summed E-state index contributed by atoms with van der Waals surface area (Å²) in [5.41, 5.74) is 18.8. The first kappa shape index (κ1) is 21.4. The Morgan fingerprint density at radius 1 is 0.933 bits per heavy atom. The first-order chi connectivity index (χ1) is 14.4. The topological polar surface area (TPSA) is 89.3 Å². The molecule has 0 saturated heterocycles. The Morgan fingerprint density at radius 3 is 2.30 bits per heavy atom. The van der Waals surface area contributed by atoms with Crippen LogP contribution in [0, 0.1) is 6.92 Å². The van der Waals surface area contributed by atoms with Gasteiger partial charge in [-0.3, -0.25) is 4.79 Å². The first-order valence-corrected chi connectivity index (χ1v) is 10.5. The molecular formula is C26H30N2O2. The van der Waals surface area contributed by atoms with E-state index in [-0.39, 0.29) is 18.1 Å². The lowest BCUT2D eigenvalue weighted by atomic mass is 9.89. The molecule has 0 heterocycles. The molecule has 1 aliphatic carbocycles. The molecule has 0 aromatic heterocycles. The molecule has 4 rings (SSSR count). The van der Waals surface area contributed by atoms with E-state index in [1.807, 2.05) is 6.92 Å². The maximum absolute atomic E-state index is 10.6. The van der Waals surface area contributed by atoms with Crippen molar-refractivity contribution in [2.45, 2.75) is 45.4 Å². The van der Waals surface area contributed by atoms with Crippen molar-refractivity contribution in [2.24, 2.45) is 5.73 Å². The number of anilines is 1. The average Bonchev–Trinajstić information content (AvgIpc) is 2.73. The van der Waals surface area contributed by atoms with Crippen LogP contribution in [-0.2, 0) is 24.1 Å². The highest BCUT2D eigenvalue weighted by Crippen LogP contribution is 2.27. The summed E-state index contributed by atoms with van der Waals surface area (Å²) in [6.45, 7) is 1.84. The van der Waals surface area contributed by atoms with Gasteiger partial charge in [0.2, 0.25) is 5.91 Å². The van der Waals surface area contributed by atoms with Gasteiger partial charge in [0, 0.05) is 18.2 Å². The molecule has 0 bridgehead atoms. The number of nitrogen functional groups attached to an aromatic ring is 1. The molecule has 0 aliphatic heterocycles. The monoisotopic (exact) mass is 402 g/mol. The van der Waals surface area contributed by atoms with Crippen LogP contribution in [0.25, 0.3) is 11.1 Å². The third kappa shape index (κ3) is 5.63. The van der Waals surface area contributed by atoms with Crippen LogP contribution in [0.3, 0.4) is 0 Å². The number of rotatable bonds is 4. The number of carbonyl (C=O) groups is 1. The molecule has 3 aromatic rings. The second-order valence-corrected chi connectivity index (χ2v) is 7.85. The van der Waals surface area contributed by atoms with Crippen LogP contribution in [0.5, 0.6) is 5.75 Å². The number of fused-ring (bicyclic) bond motifs is 1. The lowest BCUT2D eigenvalue weighted by Crippen LogP contribution is -2.12. The van der Waals surface area contributed by atoms with Gasteiger partial charge in [-0.15, -0.1) is 0 Å². The Balaban J connectivity index is 0.000000173. The van der Waals surface area contributed by atoms with E-state index in [1.54, 1.807) is 17.2 Å². The smallest absolute Gasteiger partial charge is 0.217 e. The van der Waals surface area contributed by atoms with E-state index in [4.69, 9.17) is 11.5 Å². The number of primary amides is 1. The summed E-state index contributed by atoms with van der Waals surface area (Å²) in [7, 11) is 0. The van der Waals surface area contributed by atoms with Gasteiger partial charge in [-0.25, -0.2) is 0 Å². The second kappa shape index (κ2) is 9.97. The normalized spacial score (nSPS) is 12.4. The predicted molar refractivity (Wildman–Crippen MR) is 123 cm³/mol. The van der Waals surface area contributed by atoms with Crippen LogP contribution in [-0.4, -0.2) is 11.0 Å². The van der Waals surface area contributed by atoms with Crippen LogP contribution in [0.4, 0.5) is 5.69 Å². The summed E-state index contributed by atoms with van der Waals surface area (Å²) in [5.74, 6) is -0.209. The largest absolute Gasteiger partial charge is 0.508 e. The maximum Gasteiger partial charge on any atom is 0.217 e. The molecule has 1 aliphatic rings. The van der Waals surface area contributed by atoms with Gasteiger partial charge in [0.15, 0.2) is 0 Å². The quantitative estimate of drug-likeness (QED) is 0.540. The zero-order valence-electron chi connectivity index (χ0n) is 17.5. The molecule has 0 radical (unpaired) electrons. The summed E-state index contributed by atoms with van der Waals surface area (Å²) in [4.78, 5) is 10.6. The zero-order valence-corrected chi connectivity index (χ0v) is 17.5. The van der Waals surface area contributed by atoms with Crippen LogP contribution in [0.2, 0.25) is 0 Å². The SMILES string of the molecule is Cc1cc(O)cc(N)c1CCC(N)=O.c1ccc(-c2ccc3c(c2)CCCC3)cc1. The molecule has 0 fully saturated rings. The van der Waals surface area contributed by atoms with Gasteiger partial charge in [0.1, 0.15) is 5.75 Å². The number of amides is 1. The van der Waals surface area contributed by atoms with E-state index in [1.165, 1.54) is 42.9 Å². The number of hydrogen-bond donors (Lipinski definition) is 3. The summed E-state index contributed by atoms with van der Waals surface area (Å²) < 4.78 is 0. The molecule has 0 saturated carbocycles. The third-order valence-electron chi connectivity index (χ3n) is 5.57. The minimum atomic E-state index is -0.350. The van der Waals surface area contributed by atoms with Crippen molar-refractivity contribution >= 4 is 11.6 Å². The fourth-order valence-corrected chi connectivity index (χ4v) is 3.96. The number of phenols is 1. The Morgan fingerprint density at radius 2 is 1.63 bits per heavy atom. The van der Waals surface area contributed by atoms with Crippen molar-refractivity contribution in [3.05, 3.63) is 82.9 Å². The summed E-state index contributed by atoms with van der Waals surface area (Å²) in [6.07, 6.45) is 6.03. The Labute approximate surface area is 178 Å². The van der Waals surface area contributed by atoms with Crippen molar-refractivity contribution in [3.63, 3.8) is 0 Å². The molecule has 0 unspecified atom stereocenters. The van der Waals surface area contributed by atoms with E-state index in [0.717, 1.165) is 11.1 Å². The minimum Gasteiger partial charge on any atom is -0.508 e. The summed E-state index contributed by atoms with van der Waals surface area (Å²) in [6, 6.07) is 20.7. The van der Waals surface area contributed by atoms with Crippen LogP contribution in [0.1, 0.15) is 41.5 Å². The second-order valence-electron chi connectivity index (χ2n) is 7.85. The molecule has 4 nitrogen and oxygen atoms in total. The molecule has 30 heavy (non-hydrogen) atoms. The number of carbonyl (C=O) groups excluding carboxylic acids is 1. The van der Waals surface area contributed by atoms with Crippen molar-refractivity contribution in [2.75, 3.05) is 5.73 Å². The van der Waals surface area contributed by atoms with Crippen molar-refractivity contribution in [3.8, 4) is 16.9 Å². The molecule has 5 N–H and O–H groups in total. The van der Waals surface area contributed by atoms with Gasteiger partial charge in [0.25, 0.3) is 0 Å². The number of nitrogens with two attached hydrogens (primary N) is 2. The lowest BCUT2D eigenvalue weighted by molar-refractivity contribution is -0.117. The van der Waals surface area contributed by atoms with E-state index in [0.29, 0.717) is 12.1 Å². The van der Waals surface area contributed by atoms with Crippen LogP contribution >= 0.6 is 0 Å². The molecule has 156 valence electrons. The predicted octanol–water partition coefficient (Wildman–Crippen LogP) is 4.93. The fourth-order valence-electron chi connectivity index (χ4n) is 3.96. The molecule has 4 heteroatoms. The minimum absolute atomic E-state index is 0.142. The number of benzene rings is 3. The Kier molecular flexibility index (Phi) is 7.12. The lowest BCUT2D eigenvalue weighted by Gasteiger charge is -2.16. The summed E-state index contributed by atoms with van der Waals surface area (Å²) >= 11 is 0. The van der Waals surface area contributed by atoms with Crippen molar-refractivity contribution in [1.29, 1.82) is 0 Å². The molecule has 1 amide bonds. The number of hydrogen-bond acceptors (Lipinski definition) is 3.